The smallest absolute Gasteiger partial charge is 0.340 e. The Morgan fingerprint density at radius 1 is 1.15 bits per heavy atom. The molecule has 0 saturated carbocycles. The number of anilines is 2. The predicted octanol–water partition coefficient (Wildman–Crippen LogP) is 1.87. The van der Waals surface area contributed by atoms with Gasteiger partial charge in [0.15, 0.2) is 11.5 Å². The number of amides is 1. The fraction of sp³-hybridized carbons (Fsp3) is 0.333. The van der Waals surface area contributed by atoms with E-state index in [-0.39, 0.29) is 11.6 Å². The average Bonchev–Trinajstić information content (AvgIpc) is 2.69. The quantitative estimate of drug-likeness (QED) is 0.817. The van der Waals surface area contributed by atoms with Gasteiger partial charge in [-0.05, 0) is 31.2 Å². The number of nitrogens with zero attached hydrogens (tertiary/aromatic N) is 3. The van der Waals surface area contributed by atoms with Crippen LogP contribution in [0.15, 0.2) is 36.4 Å². The van der Waals surface area contributed by atoms with Gasteiger partial charge in [-0.2, -0.15) is 0 Å². The Hall–Kier alpha value is -3.00. The number of carbonyl (C=O) groups excluding carboxylic acids is 2. The minimum absolute atomic E-state index is 0.167. The van der Waals surface area contributed by atoms with Crippen LogP contribution >= 0.6 is 0 Å². The van der Waals surface area contributed by atoms with Gasteiger partial charge in [-0.3, -0.25) is 4.79 Å². The summed E-state index contributed by atoms with van der Waals surface area (Å²) in [5.74, 6) is -0.151. The lowest BCUT2D eigenvalue weighted by Gasteiger charge is -2.26. The first-order chi connectivity index (χ1) is 12.7. The van der Waals surface area contributed by atoms with Gasteiger partial charge < -0.3 is 19.7 Å². The third kappa shape index (κ3) is 4.15. The van der Waals surface area contributed by atoms with Crippen LogP contribution in [0.5, 0.6) is 0 Å². The number of benzene rings is 1. The van der Waals surface area contributed by atoms with Crippen molar-refractivity contribution in [1.82, 2.24) is 15.1 Å². The molecule has 0 atom stereocenters. The summed E-state index contributed by atoms with van der Waals surface area (Å²) in [7, 11) is 0. The highest BCUT2D eigenvalue weighted by atomic mass is 16.5. The number of hydrogen-bond acceptors (Lipinski definition) is 7. The Morgan fingerprint density at radius 2 is 1.92 bits per heavy atom. The summed E-state index contributed by atoms with van der Waals surface area (Å²) in [6, 6.07) is 10.2. The monoisotopic (exact) mass is 356 g/mol. The molecule has 1 fully saturated rings. The van der Waals surface area contributed by atoms with Gasteiger partial charge in [0, 0.05) is 13.1 Å². The van der Waals surface area contributed by atoms with Crippen LogP contribution in [0.1, 0.15) is 27.8 Å². The molecule has 2 heterocycles. The molecule has 0 unspecified atom stereocenters. The number of ether oxygens (including phenoxy) is 2. The Kier molecular flexibility index (Phi) is 5.75. The number of para-hydroxylation sites is 1. The number of rotatable bonds is 5. The summed E-state index contributed by atoms with van der Waals surface area (Å²) < 4.78 is 10.3. The molecule has 1 aromatic heterocycles. The maximum Gasteiger partial charge on any atom is 0.340 e. The average molecular weight is 356 g/mol. The van der Waals surface area contributed by atoms with Crippen molar-refractivity contribution >= 4 is 23.4 Å². The van der Waals surface area contributed by atoms with Crippen molar-refractivity contribution < 1.29 is 19.1 Å². The van der Waals surface area contributed by atoms with Gasteiger partial charge in [-0.15, -0.1) is 10.2 Å². The molecule has 1 aromatic carbocycles. The molecule has 3 rings (SSSR count). The number of carbonyl (C=O) groups is 2. The topological polar surface area (TPSA) is 93.7 Å². The minimum Gasteiger partial charge on any atom is -0.462 e. The van der Waals surface area contributed by atoms with Crippen LogP contribution in [0, 0.1) is 0 Å². The molecule has 8 nitrogen and oxygen atoms in total. The summed E-state index contributed by atoms with van der Waals surface area (Å²) in [4.78, 5) is 26.1. The van der Waals surface area contributed by atoms with Gasteiger partial charge in [0.2, 0.25) is 0 Å². The van der Waals surface area contributed by atoms with Gasteiger partial charge in [-0.25, -0.2) is 4.79 Å². The van der Waals surface area contributed by atoms with Gasteiger partial charge >= 0.3 is 5.97 Å². The van der Waals surface area contributed by atoms with E-state index in [4.69, 9.17) is 9.47 Å². The number of nitrogens with one attached hydrogen (secondary N) is 1. The zero-order chi connectivity index (χ0) is 18.4. The zero-order valence-corrected chi connectivity index (χ0v) is 14.5. The highest BCUT2D eigenvalue weighted by molar-refractivity contribution is 5.96. The van der Waals surface area contributed by atoms with E-state index in [1.807, 2.05) is 0 Å². The fourth-order valence-electron chi connectivity index (χ4n) is 2.56. The molecule has 0 bridgehead atoms. The second-order valence-electron chi connectivity index (χ2n) is 5.60. The standard InChI is InChI=1S/C18H20N4O4/c1-2-26-18(24)13-5-3-4-6-14(13)19-16-8-7-15(20-21-16)17(23)22-9-11-25-12-10-22/h3-8H,2,9-12H2,1H3,(H,19,21). The number of aromatic nitrogens is 2. The molecular weight excluding hydrogens is 336 g/mol. The molecule has 1 saturated heterocycles. The van der Waals surface area contributed by atoms with Crippen molar-refractivity contribution in [3.05, 3.63) is 47.7 Å². The number of morpholine rings is 1. The van der Waals surface area contributed by atoms with Gasteiger partial charge in [0.25, 0.3) is 5.91 Å². The van der Waals surface area contributed by atoms with E-state index in [0.717, 1.165) is 0 Å². The van der Waals surface area contributed by atoms with Crippen LogP contribution in [-0.4, -0.2) is 59.9 Å². The van der Waals surface area contributed by atoms with E-state index < -0.39 is 5.97 Å². The summed E-state index contributed by atoms with van der Waals surface area (Å²) in [6.45, 7) is 4.21. The molecule has 8 heteroatoms. The molecule has 1 aliphatic heterocycles. The second kappa shape index (κ2) is 8.39. The molecule has 1 amide bonds. The van der Waals surface area contributed by atoms with Crippen molar-refractivity contribution in [2.24, 2.45) is 0 Å². The lowest BCUT2D eigenvalue weighted by molar-refractivity contribution is 0.0298. The van der Waals surface area contributed by atoms with Gasteiger partial charge in [0.1, 0.15) is 0 Å². The highest BCUT2D eigenvalue weighted by Gasteiger charge is 2.20. The molecule has 2 aromatic rings. The first kappa shape index (κ1) is 17.8. The largest absolute Gasteiger partial charge is 0.462 e. The Labute approximate surface area is 151 Å². The van der Waals surface area contributed by atoms with Crippen LogP contribution in [0.25, 0.3) is 0 Å². The summed E-state index contributed by atoms with van der Waals surface area (Å²) >= 11 is 0. The summed E-state index contributed by atoms with van der Waals surface area (Å²) in [5.41, 5.74) is 1.24. The first-order valence-electron chi connectivity index (χ1n) is 8.43. The summed E-state index contributed by atoms with van der Waals surface area (Å²) in [5, 5.41) is 11.1. The molecule has 1 N–H and O–H groups in total. The van der Waals surface area contributed by atoms with E-state index in [1.54, 1.807) is 48.2 Å². The Bertz CT molecular complexity index is 773. The predicted molar refractivity (Wildman–Crippen MR) is 94.4 cm³/mol. The maximum atomic E-state index is 12.4. The Balaban J connectivity index is 1.72. The SMILES string of the molecule is CCOC(=O)c1ccccc1Nc1ccc(C(=O)N2CCOCC2)nn1. The molecular formula is C18H20N4O4. The molecule has 26 heavy (non-hydrogen) atoms. The molecule has 136 valence electrons. The van der Waals surface area contributed by atoms with E-state index in [2.05, 4.69) is 15.5 Å². The minimum atomic E-state index is -0.414. The lowest BCUT2D eigenvalue weighted by atomic mass is 10.2. The van der Waals surface area contributed by atoms with E-state index in [9.17, 15) is 9.59 Å². The fourth-order valence-corrected chi connectivity index (χ4v) is 2.56. The van der Waals surface area contributed by atoms with E-state index in [0.29, 0.717) is 50.0 Å². The van der Waals surface area contributed by atoms with Crippen molar-refractivity contribution in [2.75, 3.05) is 38.2 Å². The van der Waals surface area contributed by atoms with E-state index in [1.165, 1.54) is 0 Å². The van der Waals surface area contributed by atoms with Crippen molar-refractivity contribution in [3.63, 3.8) is 0 Å². The number of hydrogen-bond donors (Lipinski definition) is 1. The van der Waals surface area contributed by atoms with Crippen molar-refractivity contribution in [2.45, 2.75) is 6.92 Å². The molecule has 0 spiro atoms. The second-order valence-corrected chi connectivity index (χ2v) is 5.60. The third-order valence-electron chi connectivity index (χ3n) is 3.87. The van der Waals surface area contributed by atoms with Gasteiger partial charge in [0.05, 0.1) is 31.1 Å². The van der Waals surface area contributed by atoms with Crippen molar-refractivity contribution in [1.29, 1.82) is 0 Å². The molecule has 0 aliphatic carbocycles. The Morgan fingerprint density at radius 3 is 2.62 bits per heavy atom. The van der Waals surface area contributed by atoms with Gasteiger partial charge in [-0.1, -0.05) is 12.1 Å². The first-order valence-corrected chi connectivity index (χ1v) is 8.43. The maximum absolute atomic E-state index is 12.4. The zero-order valence-electron chi connectivity index (χ0n) is 14.5. The lowest BCUT2D eigenvalue weighted by Crippen LogP contribution is -2.41. The van der Waals surface area contributed by atoms with Crippen LogP contribution in [0.3, 0.4) is 0 Å². The number of esters is 1. The van der Waals surface area contributed by atoms with Crippen LogP contribution < -0.4 is 5.32 Å². The van der Waals surface area contributed by atoms with Crippen LogP contribution in [-0.2, 0) is 9.47 Å². The van der Waals surface area contributed by atoms with E-state index >= 15 is 0 Å². The third-order valence-corrected chi connectivity index (χ3v) is 3.87. The molecule has 1 aliphatic rings. The highest BCUT2D eigenvalue weighted by Crippen LogP contribution is 2.20. The van der Waals surface area contributed by atoms with Crippen LogP contribution in [0.2, 0.25) is 0 Å². The summed E-state index contributed by atoms with van der Waals surface area (Å²) in [6.07, 6.45) is 0. The van der Waals surface area contributed by atoms with Crippen LogP contribution in [0.4, 0.5) is 11.5 Å². The normalized spacial score (nSPS) is 14.0. The van der Waals surface area contributed by atoms with Crippen molar-refractivity contribution in [3.8, 4) is 0 Å². The molecule has 0 radical (unpaired) electrons.